The quantitative estimate of drug-likeness (QED) is 0.917. The van der Waals surface area contributed by atoms with E-state index < -0.39 is 0 Å². The predicted octanol–water partition coefficient (Wildman–Crippen LogP) is 1.83. The summed E-state index contributed by atoms with van der Waals surface area (Å²) >= 11 is 3.37. The van der Waals surface area contributed by atoms with Gasteiger partial charge in [0.1, 0.15) is 0 Å². The number of aliphatic hydroxyl groups excluding tert-OH is 1. The monoisotopic (exact) mass is 285 g/mol. The summed E-state index contributed by atoms with van der Waals surface area (Å²) < 4.78 is 0.968. The molecule has 0 heterocycles. The molecule has 4 heteroatoms. The topological polar surface area (TPSA) is 40.5 Å². The Kier molecular flexibility index (Phi) is 4.96. The zero-order chi connectivity index (χ0) is 12.1. The number of amides is 1. The lowest BCUT2D eigenvalue weighted by atomic mass is 10.1. The van der Waals surface area contributed by atoms with Crippen LogP contribution in [0.4, 0.5) is 0 Å². The minimum atomic E-state index is -0.139. The van der Waals surface area contributed by atoms with Crippen molar-refractivity contribution >= 4 is 21.8 Å². The third-order valence-corrected chi connectivity index (χ3v) is 3.06. The highest BCUT2D eigenvalue weighted by molar-refractivity contribution is 9.10. The second-order valence-electron chi connectivity index (χ2n) is 3.84. The maximum Gasteiger partial charge on any atom is 0.227 e. The van der Waals surface area contributed by atoms with Crippen LogP contribution in [0.25, 0.3) is 0 Å². The molecule has 16 heavy (non-hydrogen) atoms. The van der Waals surface area contributed by atoms with Gasteiger partial charge < -0.3 is 10.0 Å². The second kappa shape index (κ2) is 6.01. The summed E-state index contributed by atoms with van der Waals surface area (Å²) in [6, 6.07) is 7.53. The normalized spacial score (nSPS) is 12.2. The lowest BCUT2D eigenvalue weighted by Gasteiger charge is -2.23. The number of benzene rings is 1. The number of halogens is 1. The van der Waals surface area contributed by atoms with Crippen LogP contribution in [-0.4, -0.2) is 35.6 Å². The molecule has 1 unspecified atom stereocenters. The van der Waals surface area contributed by atoms with Gasteiger partial charge in [0.05, 0.1) is 19.1 Å². The first-order valence-corrected chi connectivity index (χ1v) is 5.95. The highest BCUT2D eigenvalue weighted by Gasteiger charge is 2.14. The number of hydrogen-bond donors (Lipinski definition) is 1. The molecule has 0 saturated heterocycles. The molecule has 0 aliphatic carbocycles. The van der Waals surface area contributed by atoms with E-state index in [1.807, 2.05) is 31.2 Å². The maximum absolute atomic E-state index is 11.8. The highest BCUT2D eigenvalue weighted by Crippen LogP contribution is 2.13. The van der Waals surface area contributed by atoms with Gasteiger partial charge in [0.2, 0.25) is 5.91 Å². The van der Waals surface area contributed by atoms with Crippen molar-refractivity contribution < 1.29 is 9.90 Å². The standard InChI is InChI=1S/C12H16BrNO2/c1-9(8-15)14(2)12(16)7-10-4-3-5-11(13)6-10/h3-6,9,15H,7-8H2,1-2H3. The van der Waals surface area contributed by atoms with E-state index in [4.69, 9.17) is 5.11 Å². The van der Waals surface area contributed by atoms with Crippen LogP contribution >= 0.6 is 15.9 Å². The zero-order valence-corrected chi connectivity index (χ0v) is 11.1. The molecular weight excluding hydrogens is 270 g/mol. The van der Waals surface area contributed by atoms with Crippen LogP contribution in [0.2, 0.25) is 0 Å². The third-order valence-electron chi connectivity index (χ3n) is 2.56. The largest absolute Gasteiger partial charge is 0.394 e. The van der Waals surface area contributed by atoms with E-state index in [1.165, 1.54) is 0 Å². The van der Waals surface area contributed by atoms with Crippen molar-refractivity contribution in [2.75, 3.05) is 13.7 Å². The van der Waals surface area contributed by atoms with E-state index in [0.29, 0.717) is 6.42 Å². The SMILES string of the molecule is CC(CO)N(C)C(=O)Cc1cccc(Br)c1. The van der Waals surface area contributed by atoms with Gasteiger partial charge in [-0.3, -0.25) is 4.79 Å². The molecule has 88 valence electrons. The van der Waals surface area contributed by atoms with Crippen LogP contribution in [0.15, 0.2) is 28.7 Å². The summed E-state index contributed by atoms with van der Waals surface area (Å²) in [6.07, 6.45) is 0.361. The van der Waals surface area contributed by atoms with Crippen LogP contribution in [0.5, 0.6) is 0 Å². The van der Waals surface area contributed by atoms with E-state index in [-0.39, 0.29) is 18.6 Å². The zero-order valence-electron chi connectivity index (χ0n) is 9.48. The molecule has 0 spiro atoms. The number of carbonyl (C=O) groups excluding carboxylic acids is 1. The minimum Gasteiger partial charge on any atom is -0.394 e. The van der Waals surface area contributed by atoms with Gasteiger partial charge in [-0.15, -0.1) is 0 Å². The Morgan fingerprint density at radius 3 is 2.81 bits per heavy atom. The van der Waals surface area contributed by atoms with Gasteiger partial charge in [-0.25, -0.2) is 0 Å². The first-order valence-electron chi connectivity index (χ1n) is 5.15. The summed E-state index contributed by atoms with van der Waals surface area (Å²) in [4.78, 5) is 13.4. The van der Waals surface area contributed by atoms with Crippen molar-refractivity contribution in [1.29, 1.82) is 0 Å². The molecule has 0 saturated carbocycles. The summed E-state index contributed by atoms with van der Waals surface area (Å²) in [7, 11) is 1.71. The van der Waals surface area contributed by atoms with Crippen molar-refractivity contribution in [1.82, 2.24) is 4.90 Å². The molecule has 3 nitrogen and oxygen atoms in total. The molecule has 0 aliphatic rings. The molecule has 0 aliphatic heterocycles. The number of rotatable bonds is 4. The fourth-order valence-corrected chi connectivity index (χ4v) is 1.76. The maximum atomic E-state index is 11.8. The van der Waals surface area contributed by atoms with Crippen LogP contribution in [0.3, 0.4) is 0 Å². The minimum absolute atomic E-state index is 0.0132. The number of hydrogen-bond acceptors (Lipinski definition) is 2. The van der Waals surface area contributed by atoms with Crippen molar-refractivity contribution in [3.63, 3.8) is 0 Å². The molecular formula is C12H16BrNO2. The number of likely N-dealkylation sites (N-methyl/N-ethyl adjacent to an activating group) is 1. The molecule has 0 aromatic heterocycles. The van der Waals surface area contributed by atoms with E-state index >= 15 is 0 Å². The molecule has 1 atom stereocenters. The third kappa shape index (κ3) is 3.61. The van der Waals surface area contributed by atoms with Gasteiger partial charge >= 0.3 is 0 Å². The van der Waals surface area contributed by atoms with Gasteiger partial charge in [-0.1, -0.05) is 28.1 Å². The van der Waals surface area contributed by atoms with Crippen molar-refractivity contribution in [2.24, 2.45) is 0 Å². The first-order chi connectivity index (χ1) is 7.54. The average molecular weight is 286 g/mol. The highest BCUT2D eigenvalue weighted by atomic mass is 79.9. The summed E-state index contributed by atoms with van der Waals surface area (Å²) in [5.74, 6) is 0.0136. The Hall–Kier alpha value is -0.870. The predicted molar refractivity (Wildman–Crippen MR) is 67.2 cm³/mol. The van der Waals surface area contributed by atoms with Crippen LogP contribution in [0, 0.1) is 0 Å². The van der Waals surface area contributed by atoms with Crippen LogP contribution in [0.1, 0.15) is 12.5 Å². The fraction of sp³-hybridized carbons (Fsp3) is 0.417. The van der Waals surface area contributed by atoms with Crippen LogP contribution in [-0.2, 0) is 11.2 Å². The average Bonchev–Trinajstić information content (AvgIpc) is 2.27. The second-order valence-corrected chi connectivity index (χ2v) is 4.76. The Morgan fingerprint density at radius 1 is 1.56 bits per heavy atom. The summed E-state index contributed by atoms with van der Waals surface area (Å²) in [5.41, 5.74) is 0.969. The molecule has 0 radical (unpaired) electrons. The molecule has 0 bridgehead atoms. The number of aliphatic hydroxyl groups is 1. The van der Waals surface area contributed by atoms with Crippen molar-refractivity contribution in [3.05, 3.63) is 34.3 Å². The Bertz CT molecular complexity index is 368. The van der Waals surface area contributed by atoms with Gasteiger partial charge in [0, 0.05) is 11.5 Å². The number of nitrogens with zero attached hydrogens (tertiary/aromatic N) is 1. The van der Waals surface area contributed by atoms with E-state index in [9.17, 15) is 4.79 Å². The van der Waals surface area contributed by atoms with Crippen molar-refractivity contribution in [2.45, 2.75) is 19.4 Å². The fourth-order valence-electron chi connectivity index (χ4n) is 1.31. The molecule has 1 rings (SSSR count). The molecule has 1 amide bonds. The first kappa shape index (κ1) is 13.2. The lowest BCUT2D eigenvalue weighted by molar-refractivity contribution is -0.131. The van der Waals surface area contributed by atoms with E-state index in [0.717, 1.165) is 10.0 Å². The molecule has 1 aromatic rings. The van der Waals surface area contributed by atoms with Crippen molar-refractivity contribution in [3.8, 4) is 0 Å². The van der Waals surface area contributed by atoms with Crippen LogP contribution < -0.4 is 0 Å². The lowest BCUT2D eigenvalue weighted by Crippen LogP contribution is -2.38. The molecule has 1 aromatic carbocycles. The number of carbonyl (C=O) groups is 1. The molecule has 1 N–H and O–H groups in total. The van der Waals surface area contributed by atoms with Gasteiger partial charge in [0.25, 0.3) is 0 Å². The van der Waals surface area contributed by atoms with E-state index in [2.05, 4.69) is 15.9 Å². The van der Waals surface area contributed by atoms with Gasteiger partial charge in [-0.2, -0.15) is 0 Å². The summed E-state index contributed by atoms with van der Waals surface area (Å²) in [6.45, 7) is 1.81. The van der Waals surface area contributed by atoms with Gasteiger partial charge in [0.15, 0.2) is 0 Å². The summed E-state index contributed by atoms with van der Waals surface area (Å²) in [5, 5.41) is 8.96. The Balaban J connectivity index is 2.64. The van der Waals surface area contributed by atoms with Gasteiger partial charge in [-0.05, 0) is 24.6 Å². The molecule has 0 fully saturated rings. The Morgan fingerprint density at radius 2 is 2.25 bits per heavy atom. The smallest absolute Gasteiger partial charge is 0.227 e. The van der Waals surface area contributed by atoms with E-state index in [1.54, 1.807) is 11.9 Å². The Labute approximate surface area is 104 Å².